The first kappa shape index (κ1) is 15.0. The third kappa shape index (κ3) is 3.02. The summed E-state index contributed by atoms with van der Waals surface area (Å²) in [5.41, 5.74) is 1.36. The Labute approximate surface area is 122 Å². The van der Waals surface area contributed by atoms with Gasteiger partial charge in [-0.3, -0.25) is 4.98 Å². The largest absolute Gasteiger partial charge is 0.306 e. The highest BCUT2D eigenvalue weighted by Gasteiger charge is 2.29. The fourth-order valence-electron chi connectivity index (χ4n) is 2.07. The molecule has 20 heavy (non-hydrogen) atoms. The molecule has 0 spiro atoms. The molecule has 1 unspecified atom stereocenters. The standard InChI is InChI=1S/C14H19FN4S/c1-5-17-11(9-6-7-16-8-10(9)15)12-13(14(2,3)4)18-19-20-12/h6-8,11,17H,5H2,1-4H3. The zero-order valence-electron chi connectivity index (χ0n) is 12.1. The van der Waals surface area contributed by atoms with E-state index in [2.05, 4.69) is 40.7 Å². The van der Waals surface area contributed by atoms with Crippen molar-refractivity contribution in [3.05, 3.63) is 40.4 Å². The summed E-state index contributed by atoms with van der Waals surface area (Å²) >= 11 is 1.32. The molecular formula is C14H19FN4S. The van der Waals surface area contributed by atoms with E-state index in [-0.39, 0.29) is 17.3 Å². The van der Waals surface area contributed by atoms with Gasteiger partial charge in [0.2, 0.25) is 0 Å². The van der Waals surface area contributed by atoms with Crippen molar-refractivity contribution in [3.63, 3.8) is 0 Å². The van der Waals surface area contributed by atoms with Crippen LogP contribution in [0.25, 0.3) is 0 Å². The first-order valence-corrected chi connectivity index (χ1v) is 7.38. The maximum Gasteiger partial charge on any atom is 0.146 e. The predicted molar refractivity (Wildman–Crippen MR) is 78.3 cm³/mol. The van der Waals surface area contributed by atoms with Crippen LogP contribution in [0.2, 0.25) is 0 Å². The summed E-state index contributed by atoms with van der Waals surface area (Å²) in [6.45, 7) is 8.97. The first-order valence-electron chi connectivity index (χ1n) is 6.60. The molecule has 0 aliphatic carbocycles. The van der Waals surface area contributed by atoms with E-state index < -0.39 is 0 Å². The van der Waals surface area contributed by atoms with Crippen LogP contribution in [0, 0.1) is 5.82 Å². The van der Waals surface area contributed by atoms with Crippen LogP contribution in [0.4, 0.5) is 4.39 Å². The van der Waals surface area contributed by atoms with Crippen LogP contribution in [-0.4, -0.2) is 21.1 Å². The summed E-state index contributed by atoms with van der Waals surface area (Å²) in [4.78, 5) is 4.77. The van der Waals surface area contributed by atoms with Crippen LogP contribution >= 0.6 is 11.5 Å². The summed E-state index contributed by atoms with van der Waals surface area (Å²) in [5.74, 6) is -0.313. The quantitative estimate of drug-likeness (QED) is 0.941. The Hall–Kier alpha value is -1.40. The summed E-state index contributed by atoms with van der Waals surface area (Å²) in [6.07, 6.45) is 2.85. The number of hydrogen-bond donors (Lipinski definition) is 1. The van der Waals surface area contributed by atoms with E-state index in [1.807, 2.05) is 6.92 Å². The van der Waals surface area contributed by atoms with E-state index in [0.29, 0.717) is 5.56 Å². The van der Waals surface area contributed by atoms with E-state index in [9.17, 15) is 4.39 Å². The van der Waals surface area contributed by atoms with Gasteiger partial charge in [0.15, 0.2) is 0 Å². The molecule has 0 saturated heterocycles. The Morgan fingerprint density at radius 2 is 2.15 bits per heavy atom. The highest BCUT2D eigenvalue weighted by atomic mass is 32.1. The van der Waals surface area contributed by atoms with Crippen molar-refractivity contribution in [3.8, 4) is 0 Å². The maximum absolute atomic E-state index is 14.0. The van der Waals surface area contributed by atoms with E-state index >= 15 is 0 Å². The van der Waals surface area contributed by atoms with Crippen molar-refractivity contribution >= 4 is 11.5 Å². The predicted octanol–water partition coefficient (Wildman–Crippen LogP) is 3.07. The second-order valence-corrected chi connectivity index (χ2v) is 6.41. The van der Waals surface area contributed by atoms with Gasteiger partial charge in [0.1, 0.15) is 5.82 Å². The van der Waals surface area contributed by atoms with Gasteiger partial charge >= 0.3 is 0 Å². The van der Waals surface area contributed by atoms with Gasteiger partial charge in [-0.2, -0.15) is 0 Å². The number of aromatic nitrogens is 3. The van der Waals surface area contributed by atoms with Gasteiger partial charge in [0.25, 0.3) is 0 Å². The van der Waals surface area contributed by atoms with Crippen molar-refractivity contribution in [1.29, 1.82) is 0 Å². The van der Waals surface area contributed by atoms with Crippen LogP contribution in [0.1, 0.15) is 49.9 Å². The minimum absolute atomic E-state index is 0.125. The Bertz CT molecular complexity index is 577. The average molecular weight is 294 g/mol. The minimum atomic E-state index is -0.313. The molecule has 0 aliphatic rings. The maximum atomic E-state index is 14.0. The van der Waals surface area contributed by atoms with E-state index in [1.54, 1.807) is 12.3 Å². The Morgan fingerprint density at radius 3 is 2.75 bits per heavy atom. The SMILES string of the molecule is CCNC(c1ccncc1F)c1snnc1C(C)(C)C. The van der Waals surface area contributed by atoms with Gasteiger partial charge in [0.05, 0.1) is 22.8 Å². The lowest BCUT2D eigenvalue weighted by Crippen LogP contribution is -2.25. The van der Waals surface area contributed by atoms with Gasteiger partial charge in [-0.25, -0.2) is 4.39 Å². The molecule has 2 aromatic heterocycles. The second-order valence-electron chi connectivity index (χ2n) is 5.62. The normalized spacial score (nSPS) is 13.4. The van der Waals surface area contributed by atoms with Gasteiger partial charge in [0, 0.05) is 17.2 Å². The molecular weight excluding hydrogens is 275 g/mol. The number of rotatable bonds is 4. The molecule has 0 amide bonds. The van der Waals surface area contributed by atoms with Crippen molar-refractivity contribution in [2.45, 2.75) is 39.2 Å². The lowest BCUT2D eigenvalue weighted by atomic mass is 9.89. The Morgan fingerprint density at radius 1 is 1.40 bits per heavy atom. The first-order chi connectivity index (χ1) is 9.45. The molecule has 2 aromatic rings. The Kier molecular flexibility index (Phi) is 4.45. The second kappa shape index (κ2) is 5.93. The van der Waals surface area contributed by atoms with Crippen molar-refractivity contribution < 1.29 is 4.39 Å². The van der Waals surface area contributed by atoms with Crippen molar-refractivity contribution in [1.82, 2.24) is 19.9 Å². The zero-order chi connectivity index (χ0) is 14.8. The number of halogens is 1. The topological polar surface area (TPSA) is 50.7 Å². The van der Waals surface area contributed by atoms with Gasteiger partial charge < -0.3 is 5.32 Å². The molecule has 0 fully saturated rings. The highest BCUT2D eigenvalue weighted by Crippen LogP contribution is 2.34. The van der Waals surface area contributed by atoms with Crippen LogP contribution in [0.5, 0.6) is 0 Å². The lowest BCUT2D eigenvalue weighted by Gasteiger charge is -2.22. The van der Waals surface area contributed by atoms with Gasteiger partial charge in [-0.15, -0.1) is 5.10 Å². The van der Waals surface area contributed by atoms with E-state index in [4.69, 9.17) is 0 Å². The van der Waals surface area contributed by atoms with Crippen molar-refractivity contribution in [2.24, 2.45) is 0 Å². The molecule has 0 aliphatic heterocycles. The molecule has 0 radical (unpaired) electrons. The molecule has 0 saturated carbocycles. The number of hydrogen-bond acceptors (Lipinski definition) is 5. The van der Waals surface area contributed by atoms with Gasteiger partial charge in [-0.05, 0) is 24.1 Å². The average Bonchev–Trinajstić information content (AvgIpc) is 2.86. The minimum Gasteiger partial charge on any atom is -0.306 e. The lowest BCUT2D eigenvalue weighted by molar-refractivity contribution is 0.527. The van der Waals surface area contributed by atoms with Crippen LogP contribution in [0.3, 0.4) is 0 Å². The number of nitrogens with zero attached hydrogens (tertiary/aromatic N) is 3. The van der Waals surface area contributed by atoms with Crippen LogP contribution in [0.15, 0.2) is 18.5 Å². The third-order valence-corrected chi connectivity index (χ3v) is 3.80. The van der Waals surface area contributed by atoms with E-state index in [0.717, 1.165) is 17.1 Å². The molecule has 108 valence electrons. The monoisotopic (exact) mass is 294 g/mol. The molecule has 1 atom stereocenters. The summed E-state index contributed by atoms with van der Waals surface area (Å²) in [6, 6.07) is 1.46. The summed E-state index contributed by atoms with van der Waals surface area (Å²) in [5, 5.41) is 7.55. The fourth-order valence-corrected chi connectivity index (χ4v) is 3.03. The summed E-state index contributed by atoms with van der Waals surface area (Å²) < 4.78 is 18.1. The molecule has 0 aromatic carbocycles. The molecule has 2 rings (SSSR count). The molecule has 4 nitrogen and oxygen atoms in total. The Balaban J connectivity index is 2.50. The van der Waals surface area contributed by atoms with Crippen molar-refractivity contribution in [2.75, 3.05) is 6.54 Å². The number of pyridine rings is 1. The molecule has 2 heterocycles. The fraction of sp³-hybridized carbons (Fsp3) is 0.500. The molecule has 0 bridgehead atoms. The van der Waals surface area contributed by atoms with E-state index in [1.165, 1.54) is 17.7 Å². The van der Waals surface area contributed by atoms with Crippen LogP contribution < -0.4 is 5.32 Å². The third-order valence-electron chi connectivity index (χ3n) is 3.01. The molecule has 1 N–H and O–H groups in total. The summed E-state index contributed by atoms with van der Waals surface area (Å²) in [7, 11) is 0. The van der Waals surface area contributed by atoms with Gasteiger partial charge in [-0.1, -0.05) is 32.2 Å². The smallest absolute Gasteiger partial charge is 0.146 e. The number of nitrogens with one attached hydrogen (secondary N) is 1. The highest BCUT2D eigenvalue weighted by molar-refractivity contribution is 7.05. The van der Waals surface area contributed by atoms with Crippen LogP contribution in [-0.2, 0) is 5.41 Å². The molecule has 6 heteroatoms. The zero-order valence-corrected chi connectivity index (χ0v) is 13.0.